The molecule has 0 aliphatic carbocycles. The number of hydrogen-bond acceptors (Lipinski definition) is 5. The van der Waals surface area contributed by atoms with Crippen molar-refractivity contribution in [1.29, 1.82) is 0 Å². The first-order chi connectivity index (χ1) is 11.0. The molecule has 1 amide bonds. The van der Waals surface area contributed by atoms with Crippen molar-refractivity contribution in [2.45, 2.75) is 53.0 Å². The Morgan fingerprint density at radius 3 is 2.70 bits per heavy atom. The Morgan fingerprint density at radius 2 is 2.09 bits per heavy atom. The van der Waals surface area contributed by atoms with Crippen LogP contribution in [-0.2, 0) is 6.42 Å². The summed E-state index contributed by atoms with van der Waals surface area (Å²) in [6.07, 6.45) is 2.90. The molecule has 1 aliphatic heterocycles. The zero-order valence-corrected chi connectivity index (χ0v) is 15.0. The molecular weight excluding hydrogens is 310 g/mol. The smallest absolute Gasteiger partial charge is 0.265 e. The fraction of sp³-hybridized carbons (Fsp3) is 0.625. The Labute approximate surface area is 140 Å². The molecule has 0 aromatic carbocycles. The van der Waals surface area contributed by atoms with Gasteiger partial charge in [-0.1, -0.05) is 6.92 Å². The topological polar surface area (TPSA) is 63.9 Å². The molecule has 1 atom stereocenters. The van der Waals surface area contributed by atoms with Crippen molar-refractivity contribution in [3.05, 3.63) is 27.2 Å². The largest absolute Gasteiger partial charge is 0.336 e. The molecule has 3 heterocycles. The maximum Gasteiger partial charge on any atom is 0.265 e. The molecule has 0 saturated carbocycles. The molecule has 1 fully saturated rings. The zero-order valence-electron chi connectivity index (χ0n) is 14.2. The van der Waals surface area contributed by atoms with Crippen LogP contribution in [0.5, 0.6) is 0 Å². The molecule has 7 heteroatoms. The van der Waals surface area contributed by atoms with Gasteiger partial charge in [0.2, 0.25) is 0 Å². The summed E-state index contributed by atoms with van der Waals surface area (Å²) in [5.41, 5.74) is 0.853. The minimum atomic E-state index is 0.110. The highest BCUT2D eigenvalue weighted by Crippen LogP contribution is 2.26. The summed E-state index contributed by atoms with van der Waals surface area (Å²) >= 11 is 1.53. The quantitative estimate of drug-likeness (QED) is 0.866. The van der Waals surface area contributed by atoms with Crippen molar-refractivity contribution in [2.24, 2.45) is 0 Å². The first kappa shape index (κ1) is 16.1. The highest BCUT2D eigenvalue weighted by Gasteiger charge is 2.29. The summed E-state index contributed by atoms with van der Waals surface area (Å²) in [5, 5.41) is 5.52. The van der Waals surface area contributed by atoms with Gasteiger partial charge >= 0.3 is 0 Å². The van der Waals surface area contributed by atoms with Gasteiger partial charge in [-0.25, -0.2) is 14.6 Å². The fourth-order valence-corrected chi connectivity index (χ4v) is 4.14. The van der Waals surface area contributed by atoms with Gasteiger partial charge in [0.1, 0.15) is 16.5 Å². The van der Waals surface area contributed by atoms with Gasteiger partial charge in [0.05, 0.1) is 16.7 Å². The van der Waals surface area contributed by atoms with Crippen molar-refractivity contribution >= 4 is 17.2 Å². The Kier molecular flexibility index (Phi) is 4.48. The number of nitrogens with zero attached hydrogens (tertiary/aromatic N) is 5. The van der Waals surface area contributed by atoms with Crippen LogP contribution in [0.25, 0.3) is 0 Å². The molecule has 0 radical (unpaired) electrons. The maximum atomic E-state index is 12.9. The van der Waals surface area contributed by atoms with Crippen LogP contribution in [-0.4, -0.2) is 43.6 Å². The number of carbonyl (C=O) groups excluding carboxylic acids is 1. The van der Waals surface area contributed by atoms with Crippen molar-refractivity contribution in [2.75, 3.05) is 13.1 Å². The molecule has 1 aliphatic rings. The van der Waals surface area contributed by atoms with E-state index in [1.165, 1.54) is 11.3 Å². The molecule has 0 bridgehead atoms. The summed E-state index contributed by atoms with van der Waals surface area (Å²) in [7, 11) is 0. The van der Waals surface area contributed by atoms with Crippen molar-refractivity contribution in [1.82, 2.24) is 24.6 Å². The average molecular weight is 333 g/mol. The van der Waals surface area contributed by atoms with Gasteiger partial charge in [-0.3, -0.25) is 4.79 Å². The van der Waals surface area contributed by atoms with Crippen molar-refractivity contribution in [3.63, 3.8) is 0 Å². The van der Waals surface area contributed by atoms with Crippen LogP contribution in [0, 0.1) is 20.8 Å². The van der Waals surface area contributed by atoms with Gasteiger partial charge in [-0.2, -0.15) is 5.10 Å². The first-order valence-electron chi connectivity index (χ1n) is 8.15. The highest BCUT2D eigenvalue weighted by atomic mass is 32.1. The standard InChI is InChI=1S/C16H23N5OS/c1-5-14-17-10(2)15(23-14)16(22)20-8-6-7-13(9-20)21-12(4)18-11(3)19-21/h13H,5-9H2,1-4H3. The van der Waals surface area contributed by atoms with E-state index in [2.05, 4.69) is 22.0 Å². The molecule has 2 aromatic rings. The average Bonchev–Trinajstić information content (AvgIpc) is 3.08. The van der Waals surface area contributed by atoms with E-state index in [0.29, 0.717) is 6.54 Å². The second-order valence-electron chi connectivity index (χ2n) is 6.07. The van der Waals surface area contributed by atoms with Gasteiger partial charge < -0.3 is 4.90 Å². The summed E-state index contributed by atoms with van der Waals surface area (Å²) in [4.78, 5) is 24.5. The second kappa shape index (κ2) is 6.39. The summed E-state index contributed by atoms with van der Waals surface area (Å²) in [6, 6.07) is 0.216. The summed E-state index contributed by atoms with van der Waals surface area (Å²) < 4.78 is 1.98. The lowest BCUT2D eigenvalue weighted by Crippen LogP contribution is -2.41. The number of hydrogen-bond donors (Lipinski definition) is 0. The molecule has 2 aromatic heterocycles. The van der Waals surface area contributed by atoms with Gasteiger partial charge in [0.25, 0.3) is 5.91 Å². The maximum absolute atomic E-state index is 12.9. The van der Waals surface area contributed by atoms with Crippen molar-refractivity contribution < 1.29 is 4.79 Å². The van der Waals surface area contributed by atoms with Crippen LogP contribution in [0.15, 0.2) is 0 Å². The number of piperidine rings is 1. The SMILES string of the molecule is CCc1nc(C)c(C(=O)N2CCCC(n3nc(C)nc3C)C2)s1. The van der Waals surface area contributed by atoms with E-state index in [9.17, 15) is 4.79 Å². The van der Waals surface area contributed by atoms with E-state index in [1.54, 1.807) is 0 Å². The zero-order chi connectivity index (χ0) is 16.6. The van der Waals surface area contributed by atoms with Gasteiger partial charge in [-0.05, 0) is 40.0 Å². The molecule has 1 unspecified atom stereocenters. The number of likely N-dealkylation sites (tertiary alicyclic amines) is 1. The van der Waals surface area contributed by atoms with Gasteiger partial charge in [-0.15, -0.1) is 11.3 Å². The Hall–Kier alpha value is -1.76. The second-order valence-corrected chi connectivity index (χ2v) is 7.16. The normalized spacial score (nSPS) is 18.4. The predicted molar refractivity (Wildman–Crippen MR) is 89.9 cm³/mol. The molecule has 23 heavy (non-hydrogen) atoms. The number of amides is 1. The van der Waals surface area contributed by atoms with Gasteiger partial charge in [0.15, 0.2) is 0 Å². The molecule has 0 spiro atoms. The Balaban J connectivity index is 1.79. The lowest BCUT2D eigenvalue weighted by molar-refractivity contribution is 0.0675. The van der Waals surface area contributed by atoms with Crippen LogP contribution >= 0.6 is 11.3 Å². The minimum Gasteiger partial charge on any atom is -0.336 e. The summed E-state index contributed by atoms with van der Waals surface area (Å²) in [5.74, 6) is 1.82. The third-order valence-electron chi connectivity index (χ3n) is 4.27. The Morgan fingerprint density at radius 1 is 1.30 bits per heavy atom. The Bertz CT molecular complexity index is 720. The highest BCUT2D eigenvalue weighted by molar-refractivity contribution is 7.13. The van der Waals surface area contributed by atoms with Crippen LogP contribution in [0.1, 0.15) is 57.8 Å². The van der Waals surface area contributed by atoms with Crippen LogP contribution < -0.4 is 0 Å². The lowest BCUT2D eigenvalue weighted by atomic mass is 10.1. The summed E-state index contributed by atoms with van der Waals surface area (Å²) in [6.45, 7) is 9.38. The molecule has 0 N–H and O–H groups in total. The predicted octanol–water partition coefficient (Wildman–Crippen LogP) is 2.70. The van der Waals surface area contributed by atoms with Crippen molar-refractivity contribution in [3.8, 4) is 0 Å². The first-order valence-corrected chi connectivity index (χ1v) is 8.96. The van der Waals surface area contributed by atoms with E-state index < -0.39 is 0 Å². The van der Waals surface area contributed by atoms with Crippen LogP contribution in [0.3, 0.4) is 0 Å². The third-order valence-corrected chi connectivity index (χ3v) is 5.56. The number of rotatable bonds is 3. The van der Waals surface area contributed by atoms with E-state index in [0.717, 1.165) is 53.0 Å². The number of aromatic nitrogens is 4. The van der Waals surface area contributed by atoms with Crippen LogP contribution in [0.2, 0.25) is 0 Å². The lowest BCUT2D eigenvalue weighted by Gasteiger charge is -2.32. The minimum absolute atomic E-state index is 0.110. The van der Waals surface area contributed by atoms with E-state index >= 15 is 0 Å². The van der Waals surface area contributed by atoms with Gasteiger partial charge in [0, 0.05) is 13.1 Å². The van der Waals surface area contributed by atoms with E-state index in [1.807, 2.05) is 30.4 Å². The fourth-order valence-electron chi connectivity index (χ4n) is 3.17. The monoisotopic (exact) mass is 333 g/mol. The molecule has 3 rings (SSSR count). The molecule has 6 nitrogen and oxygen atoms in total. The number of carbonyl (C=O) groups is 1. The van der Waals surface area contributed by atoms with Crippen LogP contribution in [0.4, 0.5) is 0 Å². The number of thiazole rings is 1. The number of aryl methyl sites for hydroxylation is 4. The third kappa shape index (κ3) is 3.15. The molecule has 1 saturated heterocycles. The van der Waals surface area contributed by atoms with E-state index in [4.69, 9.17) is 0 Å². The molecular formula is C16H23N5OS. The van der Waals surface area contributed by atoms with E-state index in [-0.39, 0.29) is 11.9 Å². The molecule has 124 valence electrons.